The van der Waals surface area contributed by atoms with Crippen molar-refractivity contribution >= 4 is 0 Å². The highest BCUT2D eigenvalue weighted by Gasteiger charge is 2.38. The van der Waals surface area contributed by atoms with Gasteiger partial charge in [0, 0.05) is 25.0 Å². The van der Waals surface area contributed by atoms with E-state index >= 15 is 0 Å². The zero-order chi connectivity index (χ0) is 12.9. The third-order valence-corrected chi connectivity index (χ3v) is 4.20. The van der Waals surface area contributed by atoms with Crippen LogP contribution in [0.25, 0.3) is 0 Å². The summed E-state index contributed by atoms with van der Waals surface area (Å²) >= 11 is 0. The summed E-state index contributed by atoms with van der Waals surface area (Å²) in [7, 11) is 4.36. The zero-order valence-electron chi connectivity index (χ0n) is 11.8. The van der Waals surface area contributed by atoms with Crippen molar-refractivity contribution in [2.45, 2.75) is 51.5 Å². The number of likely N-dealkylation sites (N-methyl/N-ethyl adjacent to an activating group) is 1. The molecule has 3 nitrogen and oxygen atoms in total. The van der Waals surface area contributed by atoms with Gasteiger partial charge in [0.1, 0.15) is 0 Å². The van der Waals surface area contributed by atoms with Crippen LogP contribution < -0.4 is 5.32 Å². The lowest BCUT2D eigenvalue weighted by atomic mass is 9.75. The molecule has 1 saturated carbocycles. The molecular weight excluding hydrogens is 210 g/mol. The predicted octanol–water partition coefficient (Wildman–Crippen LogP) is 2.39. The first-order valence-corrected chi connectivity index (χ1v) is 6.67. The Balaban J connectivity index is 2.29. The van der Waals surface area contributed by atoms with Crippen LogP contribution in [0.15, 0.2) is 0 Å². The molecule has 0 aromatic heterocycles. The van der Waals surface area contributed by atoms with E-state index in [1.54, 1.807) is 0 Å². The Kier molecular flexibility index (Phi) is 4.97. The average Bonchev–Trinajstić information content (AvgIpc) is 2.18. The smallest absolute Gasteiger partial charge is 0.0621 e. The highest BCUT2D eigenvalue weighted by atomic mass is 15.2. The molecule has 1 N–H and O–H groups in total. The van der Waals surface area contributed by atoms with Crippen LogP contribution in [0.2, 0.25) is 0 Å². The molecule has 0 aromatic rings. The minimum atomic E-state index is 0.229. The van der Waals surface area contributed by atoms with Gasteiger partial charge in [0.15, 0.2) is 0 Å². The van der Waals surface area contributed by atoms with Crippen molar-refractivity contribution < 1.29 is 0 Å². The second-order valence-electron chi connectivity index (χ2n) is 6.40. The third kappa shape index (κ3) is 3.97. The summed E-state index contributed by atoms with van der Waals surface area (Å²) in [5.74, 6) is 0. The monoisotopic (exact) mass is 237 g/mol. The Morgan fingerprint density at radius 2 is 2.00 bits per heavy atom. The van der Waals surface area contributed by atoms with Gasteiger partial charge in [0.2, 0.25) is 0 Å². The summed E-state index contributed by atoms with van der Waals surface area (Å²) in [4.78, 5) is 2.37. The van der Waals surface area contributed by atoms with Crippen LogP contribution in [-0.4, -0.2) is 37.6 Å². The van der Waals surface area contributed by atoms with Crippen LogP contribution in [0, 0.1) is 16.7 Å². The van der Waals surface area contributed by atoms with Gasteiger partial charge >= 0.3 is 0 Å². The largest absolute Gasteiger partial charge is 0.314 e. The number of rotatable bonds is 7. The Bertz CT molecular complexity index is 272. The Hall–Kier alpha value is -0.590. The van der Waals surface area contributed by atoms with Crippen molar-refractivity contribution in [3.8, 4) is 6.07 Å². The number of hydrogen-bond acceptors (Lipinski definition) is 3. The minimum Gasteiger partial charge on any atom is -0.314 e. The molecule has 0 amide bonds. The molecule has 1 aliphatic rings. The van der Waals surface area contributed by atoms with E-state index in [4.69, 9.17) is 5.26 Å². The van der Waals surface area contributed by atoms with Crippen molar-refractivity contribution in [3.63, 3.8) is 0 Å². The van der Waals surface area contributed by atoms with E-state index < -0.39 is 0 Å². The molecule has 98 valence electrons. The zero-order valence-corrected chi connectivity index (χ0v) is 11.8. The van der Waals surface area contributed by atoms with E-state index in [-0.39, 0.29) is 5.41 Å². The highest BCUT2D eigenvalue weighted by molar-refractivity contribution is 4.97. The summed E-state index contributed by atoms with van der Waals surface area (Å²) in [6.07, 6.45) is 5.62. The molecule has 0 aliphatic heterocycles. The maximum absolute atomic E-state index is 8.63. The van der Waals surface area contributed by atoms with Crippen LogP contribution in [0.4, 0.5) is 0 Å². The van der Waals surface area contributed by atoms with E-state index in [0.717, 1.165) is 19.5 Å². The standard InChI is InChI=1S/C14H27N3/c1-13(2,7-6-10-15)11-16-12-14(17(3)4)8-5-9-14/h16H,5-9,11-12H2,1-4H3. The van der Waals surface area contributed by atoms with E-state index in [1.807, 2.05) is 0 Å². The fraction of sp³-hybridized carbons (Fsp3) is 0.929. The fourth-order valence-electron chi connectivity index (χ4n) is 2.48. The number of hydrogen-bond donors (Lipinski definition) is 1. The first kappa shape index (κ1) is 14.5. The fourth-order valence-corrected chi connectivity index (χ4v) is 2.48. The van der Waals surface area contributed by atoms with Crippen molar-refractivity contribution in [2.75, 3.05) is 27.2 Å². The van der Waals surface area contributed by atoms with Gasteiger partial charge in [-0.1, -0.05) is 13.8 Å². The average molecular weight is 237 g/mol. The highest BCUT2D eigenvalue weighted by Crippen LogP contribution is 2.35. The molecule has 0 heterocycles. The Labute approximate surface area is 106 Å². The third-order valence-electron chi connectivity index (χ3n) is 4.20. The molecule has 0 aromatic carbocycles. The van der Waals surface area contributed by atoms with Crippen LogP contribution >= 0.6 is 0 Å². The summed E-state index contributed by atoms with van der Waals surface area (Å²) in [5, 5.41) is 12.2. The second-order valence-corrected chi connectivity index (χ2v) is 6.40. The molecule has 0 unspecified atom stereocenters. The molecule has 0 bridgehead atoms. The molecule has 1 rings (SSSR count). The van der Waals surface area contributed by atoms with Crippen LogP contribution in [0.3, 0.4) is 0 Å². The maximum atomic E-state index is 8.63. The number of nitrogens with zero attached hydrogens (tertiary/aromatic N) is 2. The minimum absolute atomic E-state index is 0.229. The summed E-state index contributed by atoms with van der Waals surface area (Å²) in [6.45, 7) is 6.56. The summed E-state index contributed by atoms with van der Waals surface area (Å²) < 4.78 is 0. The Morgan fingerprint density at radius 3 is 2.41 bits per heavy atom. The summed E-state index contributed by atoms with van der Waals surface area (Å²) in [6, 6.07) is 2.24. The van der Waals surface area contributed by atoms with Crippen molar-refractivity contribution in [1.29, 1.82) is 5.26 Å². The number of nitrogens with one attached hydrogen (secondary N) is 1. The summed E-state index contributed by atoms with van der Waals surface area (Å²) in [5.41, 5.74) is 0.623. The van der Waals surface area contributed by atoms with Gasteiger partial charge in [-0.25, -0.2) is 0 Å². The maximum Gasteiger partial charge on any atom is 0.0621 e. The second kappa shape index (κ2) is 5.84. The predicted molar refractivity (Wildman–Crippen MR) is 71.8 cm³/mol. The number of nitriles is 1. The quantitative estimate of drug-likeness (QED) is 0.739. The first-order valence-electron chi connectivity index (χ1n) is 6.67. The molecule has 0 spiro atoms. The van der Waals surface area contributed by atoms with Crippen molar-refractivity contribution in [1.82, 2.24) is 10.2 Å². The van der Waals surface area contributed by atoms with Crippen molar-refractivity contribution in [3.05, 3.63) is 0 Å². The lowest BCUT2D eigenvalue weighted by molar-refractivity contribution is 0.0573. The molecule has 0 atom stereocenters. The molecule has 1 fully saturated rings. The lowest BCUT2D eigenvalue weighted by Gasteiger charge is -2.48. The van der Waals surface area contributed by atoms with Gasteiger partial charge in [-0.05, 0) is 45.2 Å². The van der Waals surface area contributed by atoms with Crippen LogP contribution in [-0.2, 0) is 0 Å². The molecular formula is C14H27N3. The Morgan fingerprint density at radius 1 is 1.35 bits per heavy atom. The SMILES string of the molecule is CN(C)C1(CNCC(C)(C)CCC#N)CCC1. The molecule has 1 aliphatic carbocycles. The van der Waals surface area contributed by atoms with E-state index in [2.05, 4.69) is 44.2 Å². The lowest BCUT2D eigenvalue weighted by Crippen LogP contribution is -2.57. The molecule has 3 heteroatoms. The van der Waals surface area contributed by atoms with Crippen molar-refractivity contribution in [2.24, 2.45) is 5.41 Å². The van der Waals surface area contributed by atoms with Gasteiger partial charge in [-0.3, -0.25) is 0 Å². The van der Waals surface area contributed by atoms with E-state index in [0.29, 0.717) is 12.0 Å². The molecule has 17 heavy (non-hydrogen) atoms. The normalized spacial score (nSPS) is 18.8. The van der Waals surface area contributed by atoms with E-state index in [9.17, 15) is 0 Å². The van der Waals surface area contributed by atoms with Crippen LogP contribution in [0.5, 0.6) is 0 Å². The first-order chi connectivity index (χ1) is 7.92. The van der Waals surface area contributed by atoms with Gasteiger partial charge in [-0.2, -0.15) is 5.26 Å². The van der Waals surface area contributed by atoms with E-state index in [1.165, 1.54) is 19.3 Å². The van der Waals surface area contributed by atoms with Crippen LogP contribution in [0.1, 0.15) is 46.0 Å². The molecule has 0 saturated heterocycles. The topological polar surface area (TPSA) is 39.1 Å². The van der Waals surface area contributed by atoms with Gasteiger partial charge in [-0.15, -0.1) is 0 Å². The van der Waals surface area contributed by atoms with Gasteiger partial charge in [0.05, 0.1) is 6.07 Å². The van der Waals surface area contributed by atoms with Gasteiger partial charge < -0.3 is 10.2 Å². The molecule has 0 radical (unpaired) electrons. The van der Waals surface area contributed by atoms with Gasteiger partial charge in [0.25, 0.3) is 0 Å².